The van der Waals surface area contributed by atoms with Gasteiger partial charge >= 0.3 is 0 Å². The summed E-state index contributed by atoms with van der Waals surface area (Å²) in [6.07, 6.45) is 1.62. The molecule has 0 aromatic heterocycles. The van der Waals surface area contributed by atoms with Crippen molar-refractivity contribution in [3.63, 3.8) is 0 Å². The highest BCUT2D eigenvalue weighted by Crippen LogP contribution is 2.39. The van der Waals surface area contributed by atoms with Crippen molar-refractivity contribution >= 4 is 23.1 Å². The van der Waals surface area contributed by atoms with Gasteiger partial charge in [0.05, 0.1) is 11.6 Å². The maximum atomic E-state index is 13.1. The second kappa shape index (κ2) is 10.0. The molecule has 1 saturated heterocycles. The molecule has 0 bridgehead atoms. The zero-order valence-corrected chi connectivity index (χ0v) is 19.6. The van der Waals surface area contributed by atoms with Gasteiger partial charge in [0.25, 0.3) is 11.7 Å². The maximum absolute atomic E-state index is 13.1. The summed E-state index contributed by atoms with van der Waals surface area (Å²) < 4.78 is 0. The van der Waals surface area contributed by atoms with E-state index in [2.05, 4.69) is 6.92 Å². The van der Waals surface area contributed by atoms with Gasteiger partial charge < -0.3 is 19.8 Å². The second-order valence-corrected chi connectivity index (χ2v) is 8.69. The number of carbonyl (C=O) groups is 2. The number of carbonyl (C=O) groups excluding carboxylic acids is 2. The third-order valence-electron chi connectivity index (χ3n) is 5.91. The molecule has 1 amide bonds. The Balaban J connectivity index is 2.07. The van der Waals surface area contributed by atoms with Gasteiger partial charge in [-0.15, -0.1) is 0 Å². The third-order valence-corrected chi connectivity index (χ3v) is 5.91. The van der Waals surface area contributed by atoms with Crippen molar-refractivity contribution in [3.05, 3.63) is 70.8 Å². The maximum Gasteiger partial charge on any atom is 0.295 e. The number of nitrogens with zero attached hydrogens (tertiary/aromatic N) is 3. The number of anilines is 1. The summed E-state index contributed by atoms with van der Waals surface area (Å²) in [6.45, 7) is 3.30. The predicted octanol–water partition coefficient (Wildman–Crippen LogP) is 3.69. The molecule has 6 nitrogen and oxygen atoms in total. The molecule has 1 aliphatic heterocycles. The standard InChI is InChI=1S/C26H33N3O3/c1-6-18-8-10-20(11-9-18)24(30)22-23(19-12-14-21(15-13-19)28(4)5)29(26(32)25(22)31)17-7-16-27(2)3/h8-15,23,30H,6-7,16-17H2,1-5H3/b24-22-. The fourth-order valence-electron chi connectivity index (χ4n) is 4.02. The van der Waals surface area contributed by atoms with Gasteiger partial charge in [0.1, 0.15) is 5.76 Å². The minimum atomic E-state index is -0.631. The number of ketones is 1. The van der Waals surface area contributed by atoms with Crippen LogP contribution in [0.5, 0.6) is 0 Å². The van der Waals surface area contributed by atoms with Crippen LogP contribution in [-0.2, 0) is 16.0 Å². The van der Waals surface area contributed by atoms with Crippen molar-refractivity contribution in [2.24, 2.45) is 0 Å². The molecule has 0 spiro atoms. The highest BCUT2D eigenvalue weighted by molar-refractivity contribution is 6.46. The summed E-state index contributed by atoms with van der Waals surface area (Å²) in [5, 5.41) is 11.1. The lowest BCUT2D eigenvalue weighted by molar-refractivity contribution is -0.139. The molecule has 3 rings (SSSR count). The molecule has 1 aliphatic rings. The zero-order chi connectivity index (χ0) is 23.4. The lowest BCUT2D eigenvalue weighted by Crippen LogP contribution is -2.32. The Morgan fingerprint density at radius 2 is 1.59 bits per heavy atom. The van der Waals surface area contributed by atoms with Gasteiger partial charge in [0, 0.05) is 31.9 Å². The van der Waals surface area contributed by atoms with Crippen LogP contribution in [0.25, 0.3) is 5.76 Å². The third kappa shape index (κ3) is 4.86. The molecular weight excluding hydrogens is 402 g/mol. The minimum absolute atomic E-state index is 0.122. The number of hydrogen-bond acceptors (Lipinski definition) is 5. The fourth-order valence-corrected chi connectivity index (χ4v) is 4.02. The van der Waals surface area contributed by atoms with Crippen molar-refractivity contribution in [2.45, 2.75) is 25.8 Å². The Morgan fingerprint density at radius 1 is 0.969 bits per heavy atom. The van der Waals surface area contributed by atoms with E-state index in [1.807, 2.05) is 74.4 Å². The van der Waals surface area contributed by atoms with E-state index in [4.69, 9.17) is 0 Å². The SMILES string of the molecule is CCc1ccc(/C(O)=C2/C(=O)C(=O)N(CCCN(C)C)C2c2ccc(N(C)C)cc2)cc1. The van der Waals surface area contributed by atoms with Crippen LogP contribution in [0, 0.1) is 0 Å². The van der Waals surface area contributed by atoms with E-state index in [0.717, 1.165) is 36.2 Å². The molecule has 32 heavy (non-hydrogen) atoms. The van der Waals surface area contributed by atoms with E-state index in [0.29, 0.717) is 12.1 Å². The Morgan fingerprint density at radius 3 is 2.12 bits per heavy atom. The largest absolute Gasteiger partial charge is 0.507 e. The van der Waals surface area contributed by atoms with E-state index in [9.17, 15) is 14.7 Å². The van der Waals surface area contributed by atoms with E-state index >= 15 is 0 Å². The van der Waals surface area contributed by atoms with Crippen LogP contribution in [0.4, 0.5) is 5.69 Å². The Kier molecular flexibility index (Phi) is 7.36. The normalized spacial score (nSPS) is 17.9. The molecular formula is C26H33N3O3. The van der Waals surface area contributed by atoms with Crippen molar-refractivity contribution in [1.82, 2.24) is 9.80 Å². The van der Waals surface area contributed by atoms with Gasteiger partial charge in [-0.1, -0.05) is 43.3 Å². The molecule has 1 atom stereocenters. The van der Waals surface area contributed by atoms with Gasteiger partial charge in [-0.05, 0) is 56.7 Å². The van der Waals surface area contributed by atoms with Crippen molar-refractivity contribution in [3.8, 4) is 0 Å². The predicted molar refractivity (Wildman–Crippen MR) is 129 cm³/mol. The van der Waals surface area contributed by atoms with E-state index in [-0.39, 0.29) is 11.3 Å². The highest BCUT2D eigenvalue weighted by atomic mass is 16.3. The van der Waals surface area contributed by atoms with Crippen LogP contribution in [0.1, 0.15) is 36.1 Å². The monoisotopic (exact) mass is 435 g/mol. The van der Waals surface area contributed by atoms with Crippen molar-refractivity contribution in [2.75, 3.05) is 46.2 Å². The lowest BCUT2D eigenvalue weighted by Gasteiger charge is -2.26. The number of amides is 1. The number of rotatable bonds is 8. The van der Waals surface area contributed by atoms with Crippen LogP contribution in [-0.4, -0.2) is 67.9 Å². The summed E-state index contributed by atoms with van der Waals surface area (Å²) in [5.74, 6) is -1.31. The van der Waals surface area contributed by atoms with Gasteiger partial charge in [0.15, 0.2) is 0 Å². The Hall–Kier alpha value is -3.12. The second-order valence-electron chi connectivity index (χ2n) is 8.69. The summed E-state index contributed by atoms with van der Waals surface area (Å²) in [5.41, 5.74) is 3.67. The number of aryl methyl sites for hydroxylation is 1. The van der Waals surface area contributed by atoms with Crippen LogP contribution in [0.3, 0.4) is 0 Å². The van der Waals surface area contributed by atoms with Crippen LogP contribution in [0.15, 0.2) is 54.1 Å². The molecule has 1 fully saturated rings. The average Bonchev–Trinajstić information content (AvgIpc) is 3.03. The molecule has 0 radical (unpaired) electrons. The summed E-state index contributed by atoms with van der Waals surface area (Å²) in [6, 6.07) is 14.7. The zero-order valence-electron chi connectivity index (χ0n) is 19.6. The highest BCUT2D eigenvalue weighted by Gasteiger charge is 2.45. The van der Waals surface area contributed by atoms with E-state index < -0.39 is 17.7 Å². The van der Waals surface area contributed by atoms with Crippen LogP contribution >= 0.6 is 0 Å². The number of Topliss-reactive ketones (excluding diaryl/α,β-unsaturated/α-hetero) is 1. The first kappa shape index (κ1) is 23.5. The molecule has 0 saturated carbocycles. The fraction of sp³-hybridized carbons (Fsp3) is 0.385. The smallest absolute Gasteiger partial charge is 0.295 e. The molecule has 6 heteroatoms. The van der Waals surface area contributed by atoms with E-state index in [1.165, 1.54) is 0 Å². The molecule has 2 aromatic rings. The summed E-state index contributed by atoms with van der Waals surface area (Å²) in [7, 11) is 7.88. The van der Waals surface area contributed by atoms with Gasteiger partial charge in [-0.25, -0.2) is 0 Å². The lowest BCUT2D eigenvalue weighted by atomic mass is 9.94. The number of benzene rings is 2. The van der Waals surface area contributed by atoms with Gasteiger partial charge in [-0.3, -0.25) is 9.59 Å². The molecule has 170 valence electrons. The topological polar surface area (TPSA) is 64.1 Å². The quantitative estimate of drug-likeness (QED) is 0.389. The van der Waals surface area contributed by atoms with Crippen LogP contribution < -0.4 is 4.90 Å². The van der Waals surface area contributed by atoms with Gasteiger partial charge in [-0.2, -0.15) is 0 Å². The molecule has 2 aromatic carbocycles. The molecule has 1 unspecified atom stereocenters. The van der Waals surface area contributed by atoms with E-state index in [1.54, 1.807) is 17.0 Å². The van der Waals surface area contributed by atoms with Crippen molar-refractivity contribution in [1.29, 1.82) is 0 Å². The van der Waals surface area contributed by atoms with Crippen molar-refractivity contribution < 1.29 is 14.7 Å². The number of aliphatic hydroxyl groups is 1. The Labute approximate surface area is 190 Å². The van der Waals surface area contributed by atoms with Gasteiger partial charge in [0.2, 0.25) is 0 Å². The number of hydrogen-bond donors (Lipinski definition) is 1. The first-order chi connectivity index (χ1) is 15.2. The minimum Gasteiger partial charge on any atom is -0.507 e. The first-order valence-electron chi connectivity index (χ1n) is 11.0. The summed E-state index contributed by atoms with van der Waals surface area (Å²) >= 11 is 0. The molecule has 0 aliphatic carbocycles. The molecule has 1 N–H and O–H groups in total. The number of likely N-dealkylation sites (tertiary alicyclic amines) is 1. The average molecular weight is 436 g/mol. The first-order valence-corrected chi connectivity index (χ1v) is 11.0. The summed E-state index contributed by atoms with van der Waals surface area (Å²) in [4.78, 5) is 31.7. The molecule has 1 heterocycles. The van der Waals surface area contributed by atoms with Crippen LogP contribution in [0.2, 0.25) is 0 Å². The number of aliphatic hydroxyl groups excluding tert-OH is 1. The Bertz CT molecular complexity index is 992.